The third-order valence-electron chi connectivity index (χ3n) is 4.40. The average Bonchev–Trinajstić information content (AvgIpc) is 2.65. The molecule has 92 valence electrons. The number of likely N-dealkylation sites (tertiary alicyclic amines) is 1. The predicted octanol–water partition coefficient (Wildman–Crippen LogP) is 2.36. The van der Waals surface area contributed by atoms with Crippen LogP contribution in [0.1, 0.15) is 46.0 Å². The molecule has 1 heterocycles. The highest BCUT2D eigenvalue weighted by Gasteiger charge is 2.48. The Kier molecular flexibility index (Phi) is 3.24. The van der Waals surface area contributed by atoms with Crippen LogP contribution >= 0.6 is 0 Å². The summed E-state index contributed by atoms with van der Waals surface area (Å²) in [5, 5.41) is 9.61. The molecule has 1 saturated carbocycles. The molecule has 1 N–H and O–H groups in total. The van der Waals surface area contributed by atoms with E-state index in [1.165, 1.54) is 6.42 Å². The van der Waals surface area contributed by atoms with Crippen molar-refractivity contribution in [3.05, 3.63) is 0 Å². The molecule has 3 atom stereocenters. The Morgan fingerprint density at radius 3 is 2.56 bits per heavy atom. The molecule has 0 bridgehead atoms. The number of hydrogen-bond donors (Lipinski definition) is 1. The van der Waals surface area contributed by atoms with Crippen molar-refractivity contribution in [3.8, 4) is 0 Å². The first-order chi connectivity index (χ1) is 7.54. The van der Waals surface area contributed by atoms with Crippen LogP contribution in [0.5, 0.6) is 0 Å². The van der Waals surface area contributed by atoms with E-state index < -0.39 is 11.5 Å². The van der Waals surface area contributed by atoms with Crippen molar-refractivity contribution in [2.24, 2.45) is 11.8 Å². The van der Waals surface area contributed by atoms with Gasteiger partial charge in [0.05, 0.1) is 0 Å². The number of rotatable bonds is 2. The van der Waals surface area contributed by atoms with Crippen LogP contribution in [-0.2, 0) is 4.79 Å². The van der Waals surface area contributed by atoms with Crippen molar-refractivity contribution in [2.75, 3.05) is 13.1 Å². The van der Waals surface area contributed by atoms with Crippen LogP contribution in [0.4, 0.5) is 0 Å². The Bertz CT molecular complexity index is 279. The van der Waals surface area contributed by atoms with E-state index in [1.807, 2.05) is 0 Å². The Morgan fingerprint density at radius 1 is 1.31 bits per heavy atom. The number of carboxylic acids is 1. The summed E-state index contributed by atoms with van der Waals surface area (Å²) in [4.78, 5) is 13.9. The van der Waals surface area contributed by atoms with Gasteiger partial charge >= 0.3 is 5.97 Å². The van der Waals surface area contributed by atoms with Gasteiger partial charge in [-0.1, -0.05) is 26.7 Å². The topological polar surface area (TPSA) is 40.5 Å². The van der Waals surface area contributed by atoms with Gasteiger partial charge in [0.25, 0.3) is 0 Å². The molecular formula is C13H23NO2. The van der Waals surface area contributed by atoms with Crippen LogP contribution in [0, 0.1) is 11.8 Å². The maximum atomic E-state index is 11.7. The maximum Gasteiger partial charge on any atom is 0.324 e. The minimum Gasteiger partial charge on any atom is -0.480 e. The van der Waals surface area contributed by atoms with E-state index in [1.54, 1.807) is 0 Å². The van der Waals surface area contributed by atoms with Crippen molar-refractivity contribution >= 4 is 5.97 Å². The highest BCUT2D eigenvalue weighted by Crippen LogP contribution is 2.39. The second-order valence-electron chi connectivity index (χ2n) is 5.88. The normalized spacial score (nSPS) is 41.1. The zero-order chi connectivity index (χ0) is 11.8. The number of aliphatic carboxylic acids is 1. The lowest BCUT2D eigenvalue weighted by Gasteiger charge is -2.43. The Balaban J connectivity index is 2.18. The van der Waals surface area contributed by atoms with E-state index >= 15 is 0 Å². The largest absolute Gasteiger partial charge is 0.480 e. The van der Waals surface area contributed by atoms with Gasteiger partial charge in [0.2, 0.25) is 0 Å². The van der Waals surface area contributed by atoms with E-state index in [2.05, 4.69) is 18.7 Å². The predicted molar refractivity (Wildman–Crippen MR) is 63.4 cm³/mol. The van der Waals surface area contributed by atoms with Crippen LogP contribution in [0.3, 0.4) is 0 Å². The smallest absolute Gasteiger partial charge is 0.324 e. The molecule has 0 amide bonds. The maximum absolute atomic E-state index is 11.7. The third-order valence-corrected chi connectivity index (χ3v) is 4.40. The fourth-order valence-electron chi connectivity index (χ4n) is 3.46. The van der Waals surface area contributed by atoms with Gasteiger partial charge in [-0.3, -0.25) is 9.69 Å². The summed E-state index contributed by atoms with van der Waals surface area (Å²) in [7, 11) is 0. The third kappa shape index (κ3) is 1.97. The molecule has 1 saturated heterocycles. The first-order valence-corrected chi connectivity index (χ1v) is 6.53. The van der Waals surface area contributed by atoms with Gasteiger partial charge in [-0.15, -0.1) is 0 Å². The molecule has 16 heavy (non-hydrogen) atoms. The van der Waals surface area contributed by atoms with Crippen molar-refractivity contribution in [1.29, 1.82) is 0 Å². The Labute approximate surface area is 97.8 Å². The van der Waals surface area contributed by atoms with Gasteiger partial charge in [-0.2, -0.15) is 0 Å². The van der Waals surface area contributed by atoms with E-state index in [0.29, 0.717) is 11.8 Å². The van der Waals surface area contributed by atoms with Crippen LogP contribution in [-0.4, -0.2) is 34.6 Å². The summed E-state index contributed by atoms with van der Waals surface area (Å²) < 4.78 is 0. The summed E-state index contributed by atoms with van der Waals surface area (Å²) in [6.45, 7) is 6.36. The van der Waals surface area contributed by atoms with E-state index in [9.17, 15) is 9.90 Å². The summed E-state index contributed by atoms with van der Waals surface area (Å²) in [6, 6.07) is 0. The van der Waals surface area contributed by atoms with Gasteiger partial charge in [0, 0.05) is 6.54 Å². The summed E-state index contributed by atoms with van der Waals surface area (Å²) >= 11 is 0. The Morgan fingerprint density at radius 2 is 2.06 bits per heavy atom. The second-order valence-corrected chi connectivity index (χ2v) is 5.88. The minimum absolute atomic E-state index is 0.539. The minimum atomic E-state index is -0.590. The summed E-state index contributed by atoms with van der Waals surface area (Å²) in [5.74, 6) is 0.627. The quantitative estimate of drug-likeness (QED) is 0.784. The molecule has 2 rings (SSSR count). The Hall–Kier alpha value is -0.570. The van der Waals surface area contributed by atoms with Crippen molar-refractivity contribution in [2.45, 2.75) is 51.5 Å². The first kappa shape index (κ1) is 11.9. The van der Waals surface area contributed by atoms with Crippen molar-refractivity contribution in [1.82, 2.24) is 4.90 Å². The fourth-order valence-corrected chi connectivity index (χ4v) is 3.46. The summed E-state index contributed by atoms with van der Waals surface area (Å²) in [6.07, 6.45) is 5.11. The standard InChI is InChI=1S/C13H23NO2/c1-10-4-3-6-13(8-10,12(15)16)14-7-5-11(2)9-14/h10-11H,3-9H2,1-2H3,(H,15,16). The van der Waals surface area contributed by atoms with Gasteiger partial charge in [-0.05, 0) is 37.6 Å². The molecule has 1 aliphatic carbocycles. The lowest BCUT2D eigenvalue weighted by molar-refractivity contribution is -0.154. The molecule has 3 unspecified atom stereocenters. The molecule has 1 aliphatic heterocycles. The first-order valence-electron chi connectivity index (χ1n) is 6.53. The molecule has 0 radical (unpaired) electrons. The van der Waals surface area contributed by atoms with Crippen molar-refractivity contribution < 1.29 is 9.90 Å². The average molecular weight is 225 g/mol. The van der Waals surface area contributed by atoms with Gasteiger partial charge < -0.3 is 5.11 Å². The van der Waals surface area contributed by atoms with Crippen LogP contribution in [0.2, 0.25) is 0 Å². The SMILES string of the molecule is CC1CCN(C2(C(=O)O)CCCC(C)C2)C1. The van der Waals surface area contributed by atoms with Crippen LogP contribution < -0.4 is 0 Å². The molecule has 0 aromatic heterocycles. The van der Waals surface area contributed by atoms with E-state index in [4.69, 9.17) is 0 Å². The molecular weight excluding hydrogens is 202 g/mol. The molecule has 0 spiro atoms. The van der Waals surface area contributed by atoms with Crippen LogP contribution in [0.25, 0.3) is 0 Å². The molecule has 0 aromatic carbocycles. The number of hydrogen-bond acceptors (Lipinski definition) is 2. The van der Waals surface area contributed by atoms with E-state index in [0.717, 1.165) is 38.8 Å². The highest BCUT2D eigenvalue weighted by atomic mass is 16.4. The van der Waals surface area contributed by atoms with Crippen molar-refractivity contribution in [3.63, 3.8) is 0 Å². The second kappa shape index (κ2) is 4.36. The molecule has 2 aliphatic rings. The molecule has 0 aromatic rings. The number of carbonyl (C=O) groups is 1. The van der Waals surface area contributed by atoms with Gasteiger partial charge in [0.15, 0.2) is 0 Å². The zero-order valence-electron chi connectivity index (χ0n) is 10.4. The van der Waals surface area contributed by atoms with E-state index in [-0.39, 0.29) is 0 Å². The molecule has 3 heteroatoms. The highest BCUT2D eigenvalue weighted by molar-refractivity contribution is 5.79. The molecule has 3 nitrogen and oxygen atoms in total. The van der Waals surface area contributed by atoms with Gasteiger partial charge in [0.1, 0.15) is 5.54 Å². The number of nitrogens with zero attached hydrogens (tertiary/aromatic N) is 1. The zero-order valence-corrected chi connectivity index (χ0v) is 10.4. The molecule has 2 fully saturated rings. The van der Waals surface area contributed by atoms with Gasteiger partial charge in [-0.25, -0.2) is 0 Å². The lowest BCUT2D eigenvalue weighted by atomic mass is 9.75. The van der Waals surface area contributed by atoms with Crippen LogP contribution in [0.15, 0.2) is 0 Å². The fraction of sp³-hybridized carbons (Fsp3) is 0.923. The monoisotopic (exact) mass is 225 g/mol. The lowest BCUT2D eigenvalue weighted by Crippen LogP contribution is -2.56. The summed E-state index contributed by atoms with van der Waals surface area (Å²) in [5.41, 5.74) is -0.539. The number of carboxylic acid groups (broad SMARTS) is 1.